The van der Waals surface area contributed by atoms with E-state index in [0.717, 1.165) is 12.1 Å². The molecule has 0 bridgehead atoms. The third-order valence-electron chi connectivity index (χ3n) is 2.83. The van der Waals surface area contributed by atoms with Gasteiger partial charge in [-0.05, 0) is 35.9 Å². The van der Waals surface area contributed by atoms with Crippen LogP contribution < -0.4 is 4.74 Å². The lowest BCUT2D eigenvalue weighted by Crippen LogP contribution is -2.08. The van der Waals surface area contributed by atoms with Crippen LogP contribution in [-0.2, 0) is 4.79 Å². The number of ether oxygens (including phenoxy) is 1. The minimum atomic E-state index is -1.42. The first-order valence-corrected chi connectivity index (χ1v) is 6.35. The minimum Gasteiger partial charge on any atom is -0.508 e. The van der Waals surface area contributed by atoms with Gasteiger partial charge in [-0.2, -0.15) is 0 Å². The van der Waals surface area contributed by atoms with Gasteiger partial charge in [0.1, 0.15) is 11.3 Å². The molecule has 2 aromatic rings. The predicted molar refractivity (Wildman–Crippen MR) is 79.4 cm³/mol. The third kappa shape index (κ3) is 3.79. The van der Waals surface area contributed by atoms with Crippen LogP contribution in [0.5, 0.6) is 17.2 Å². The molecule has 0 aliphatic heterocycles. The highest BCUT2D eigenvalue weighted by molar-refractivity contribution is 5.93. The quantitative estimate of drug-likeness (QED) is 0.492. The Hall–Kier alpha value is -3.48. The molecule has 0 unspecified atom stereocenters. The van der Waals surface area contributed by atoms with E-state index >= 15 is 0 Å². The van der Waals surface area contributed by atoms with E-state index in [1.54, 1.807) is 6.07 Å². The van der Waals surface area contributed by atoms with Crippen molar-refractivity contribution in [2.75, 3.05) is 0 Å². The van der Waals surface area contributed by atoms with Gasteiger partial charge in [0.2, 0.25) is 5.76 Å². The Balaban J connectivity index is 2.40. The molecule has 0 amide bonds. The van der Waals surface area contributed by atoms with Crippen molar-refractivity contribution < 1.29 is 34.8 Å². The van der Waals surface area contributed by atoms with Crippen LogP contribution in [0.2, 0.25) is 0 Å². The number of aromatic carboxylic acids is 1. The fourth-order valence-electron chi connectivity index (χ4n) is 1.80. The number of carbonyl (C=O) groups is 2. The summed E-state index contributed by atoms with van der Waals surface area (Å²) in [5, 5.41) is 37.3. The Kier molecular flexibility index (Phi) is 4.51. The molecule has 0 atom stereocenters. The van der Waals surface area contributed by atoms with Gasteiger partial charge in [0, 0.05) is 0 Å². The number of hydrogen-bond donors (Lipinski definition) is 4. The summed E-state index contributed by atoms with van der Waals surface area (Å²) in [6, 6.07) is 9.50. The van der Waals surface area contributed by atoms with Crippen molar-refractivity contribution in [1.82, 2.24) is 0 Å². The Bertz CT molecular complexity index is 793. The largest absolute Gasteiger partial charge is 0.508 e. The standard InChI is InChI=1S/C16H12O7/c17-10-4-1-3-9(7-10)8-13(16(21)22)23-12-6-2-5-11(14(12)18)15(19)20/h1-8,17-18H,(H,19,20)(H,21,22)/b13-8-. The highest BCUT2D eigenvalue weighted by Crippen LogP contribution is 2.31. The van der Waals surface area contributed by atoms with Gasteiger partial charge in [-0.25, -0.2) is 9.59 Å². The van der Waals surface area contributed by atoms with Crippen LogP contribution in [0.15, 0.2) is 48.2 Å². The van der Waals surface area contributed by atoms with Crippen molar-refractivity contribution >= 4 is 18.0 Å². The van der Waals surface area contributed by atoms with Crippen LogP contribution in [0.4, 0.5) is 0 Å². The molecule has 2 rings (SSSR count). The zero-order valence-corrected chi connectivity index (χ0v) is 11.6. The van der Waals surface area contributed by atoms with Gasteiger partial charge in [0.25, 0.3) is 0 Å². The first kappa shape index (κ1) is 15.9. The molecule has 0 aromatic heterocycles. The smallest absolute Gasteiger partial charge is 0.371 e. The first-order valence-electron chi connectivity index (χ1n) is 6.35. The van der Waals surface area contributed by atoms with E-state index in [0.29, 0.717) is 5.56 Å². The second-order valence-electron chi connectivity index (χ2n) is 4.47. The first-order chi connectivity index (χ1) is 10.9. The predicted octanol–water partition coefficient (Wildman–Crippen LogP) is 2.30. The van der Waals surface area contributed by atoms with Crippen LogP contribution in [0.25, 0.3) is 6.08 Å². The van der Waals surface area contributed by atoms with E-state index < -0.39 is 29.0 Å². The molecule has 0 saturated heterocycles. The summed E-state index contributed by atoms with van der Waals surface area (Å²) in [7, 11) is 0. The fraction of sp³-hybridized carbons (Fsp3) is 0. The second kappa shape index (κ2) is 6.52. The Morgan fingerprint density at radius 1 is 1.00 bits per heavy atom. The number of rotatable bonds is 5. The van der Waals surface area contributed by atoms with Gasteiger partial charge in [-0.15, -0.1) is 0 Å². The Labute approximate surface area is 130 Å². The van der Waals surface area contributed by atoms with E-state index in [1.807, 2.05) is 0 Å². The molecular weight excluding hydrogens is 304 g/mol. The number of phenolic OH excluding ortho intramolecular Hbond substituents is 1. The number of aliphatic carboxylic acids is 1. The molecule has 23 heavy (non-hydrogen) atoms. The highest BCUT2D eigenvalue weighted by Gasteiger charge is 2.18. The van der Waals surface area contributed by atoms with Crippen LogP contribution in [0, 0.1) is 0 Å². The summed E-state index contributed by atoms with van der Waals surface area (Å²) in [5.41, 5.74) is -0.0547. The van der Waals surface area contributed by atoms with Crippen molar-refractivity contribution in [3.63, 3.8) is 0 Å². The number of phenols is 2. The average molecular weight is 316 g/mol. The normalized spacial score (nSPS) is 11.0. The fourth-order valence-corrected chi connectivity index (χ4v) is 1.80. The maximum absolute atomic E-state index is 11.3. The van der Waals surface area contributed by atoms with E-state index in [1.165, 1.54) is 30.3 Å². The second-order valence-corrected chi connectivity index (χ2v) is 4.47. The molecule has 2 aromatic carbocycles. The molecular formula is C16H12O7. The molecule has 0 spiro atoms. The molecule has 0 aliphatic rings. The zero-order valence-electron chi connectivity index (χ0n) is 11.6. The van der Waals surface area contributed by atoms with Crippen molar-refractivity contribution in [3.05, 3.63) is 59.4 Å². The van der Waals surface area contributed by atoms with Gasteiger partial charge in [-0.3, -0.25) is 0 Å². The molecule has 0 fully saturated rings. The van der Waals surface area contributed by atoms with Crippen molar-refractivity contribution in [1.29, 1.82) is 0 Å². The van der Waals surface area contributed by atoms with Crippen LogP contribution >= 0.6 is 0 Å². The summed E-state index contributed by atoms with van der Waals surface area (Å²) in [6.07, 6.45) is 1.13. The molecule has 0 aliphatic carbocycles. The van der Waals surface area contributed by atoms with Crippen molar-refractivity contribution in [2.24, 2.45) is 0 Å². The maximum atomic E-state index is 11.3. The number of aromatic hydroxyl groups is 2. The topological polar surface area (TPSA) is 124 Å². The van der Waals surface area contributed by atoms with E-state index in [4.69, 9.17) is 9.84 Å². The average Bonchev–Trinajstić information content (AvgIpc) is 2.48. The number of para-hydroxylation sites is 1. The summed E-state index contributed by atoms with van der Waals surface area (Å²) in [6.45, 7) is 0. The molecule has 0 saturated carbocycles. The third-order valence-corrected chi connectivity index (χ3v) is 2.83. The Morgan fingerprint density at radius 3 is 2.30 bits per heavy atom. The number of carboxylic acids is 2. The summed E-state index contributed by atoms with van der Waals surface area (Å²) in [4.78, 5) is 22.2. The lowest BCUT2D eigenvalue weighted by atomic mass is 10.2. The van der Waals surface area contributed by atoms with Crippen molar-refractivity contribution in [3.8, 4) is 17.2 Å². The molecule has 0 radical (unpaired) electrons. The highest BCUT2D eigenvalue weighted by atomic mass is 16.5. The zero-order chi connectivity index (χ0) is 17.0. The Morgan fingerprint density at radius 2 is 1.70 bits per heavy atom. The van der Waals surface area contributed by atoms with Gasteiger partial charge in [0.15, 0.2) is 11.5 Å². The summed E-state index contributed by atoms with van der Waals surface area (Å²) in [5.74, 6) is -4.38. The summed E-state index contributed by atoms with van der Waals surface area (Å²) < 4.78 is 5.11. The van der Waals surface area contributed by atoms with Gasteiger partial charge >= 0.3 is 11.9 Å². The monoisotopic (exact) mass is 316 g/mol. The molecule has 7 nitrogen and oxygen atoms in total. The van der Waals surface area contributed by atoms with Crippen LogP contribution in [0.3, 0.4) is 0 Å². The van der Waals surface area contributed by atoms with E-state index in [-0.39, 0.29) is 11.5 Å². The molecule has 118 valence electrons. The number of benzene rings is 2. The van der Waals surface area contributed by atoms with E-state index in [9.17, 15) is 24.9 Å². The molecule has 0 heterocycles. The van der Waals surface area contributed by atoms with E-state index in [2.05, 4.69) is 0 Å². The van der Waals surface area contributed by atoms with Crippen LogP contribution in [-0.4, -0.2) is 32.4 Å². The van der Waals surface area contributed by atoms with Crippen LogP contribution in [0.1, 0.15) is 15.9 Å². The number of hydrogen-bond acceptors (Lipinski definition) is 5. The minimum absolute atomic E-state index is 0.0563. The number of carboxylic acid groups (broad SMARTS) is 2. The van der Waals surface area contributed by atoms with Gasteiger partial charge in [0.05, 0.1) is 0 Å². The lowest BCUT2D eigenvalue weighted by Gasteiger charge is -2.09. The van der Waals surface area contributed by atoms with Gasteiger partial charge in [-0.1, -0.05) is 18.2 Å². The van der Waals surface area contributed by atoms with Gasteiger partial charge < -0.3 is 25.2 Å². The SMILES string of the molecule is O=C(O)/C(=C/c1cccc(O)c1)Oc1cccc(C(=O)O)c1O. The maximum Gasteiger partial charge on any atom is 0.371 e. The lowest BCUT2D eigenvalue weighted by molar-refractivity contribution is -0.134. The summed E-state index contributed by atoms with van der Waals surface area (Å²) >= 11 is 0. The van der Waals surface area contributed by atoms with Crippen molar-refractivity contribution in [2.45, 2.75) is 0 Å². The molecule has 7 heteroatoms. The molecule has 4 N–H and O–H groups in total.